The molecule has 8 N–H and O–H groups in total. The van der Waals surface area contributed by atoms with E-state index in [1.807, 2.05) is 32.9 Å². The number of likely N-dealkylation sites (tertiary alicyclic amines) is 1. The van der Waals surface area contributed by atoms with Gasteiger partial charge in [0.1, 0.15) is 11.9 Å². The number of amidine groups is 1. The number of nitriles is 1. The Morgan fingerprint density at radius 1 is 1.07 bits per heavy atom. The van der Waals surface area contributed by atoms with Crippen LogP contribution in [0.25, 0.3) is 11.1 Å². The Balaban J connectivity index is 0.00000216. The van der Waals surface area contributed by atoms with Gasteiger partial charge in [0.2, 0.25) is 5.91 Å². The number of hydrogen-bond acceptors (Lipinski definition) is 8. The Morgan fingerprint density at radius 2 is 1.61 bits per heavy atom. The number of hydrogen-bond donors (Lipinski definition) is 6. The zero-order valence-electron chi connectivity index (χ0n) is 26.2. The van der Waals surface area contributed by atoms with Crippen LogP contribution in [-0.2, 0) is 10.2 Å². The zero-order chi connectivity index (χ0) is 32.3. The molecule has 1 saturated carbocycles. The minimum absolute atomic E-state index is 0.0719. The average Bonchev–Trinajstić information content (AvgIpc) is 3.37. The Morgan fingerprint density at radius 3 is 2.09 bits per heavy atom. The van der Waals surface area contributed by atoms with Gasteiger partial charge in [-0.25, -0.2) is 11.4 Å². The summed E-state index contributed by atoms with van der Waals surface area (Å²) in [7, 11) is 3.13. The van der Waals surface area contributed by atoms with Crippen molar-refractivity contribution in [1.82, 2.24) is 26.4 Å². The maximum absolute atomic E-state index is 13.3. The molecule has 3 aliphatic rings. The van der Waals surface area contributed by atoms with Crippen LogP contribution in [0.2, 0.25) is 0 Å². The van der Waals surface area contributed by atoms with Gasteiger partial charge in [-0.3, -0.25) is 14.4 Å². The molecular formula is C32H43N9O3. The lowest BCUT2D eigenvalue weighted by molar-refractivity contribution is -0.131. The third-order valence-corrected chi connectivity index (χ3v) is 9.17. The maximum Gasteiger partial charge on any atom is 0.251 e. The first-order valence-electron chi connectivity index (χ1n) is 15.1. The summed E-state index contributed by atoms with van der Waals surface area (Å²) in [5.74, 6) is 6.03. The van der Waals surface area contributed by atoms with Crippen molar-refractivity contribution in [2.75, 3.05) is 20.6 Å². The van der Waals surface area contributed by atoms with Crippen LogP contribution in [0.4, 0.5) is 0 Å². The van der Waals surface area contributed by atoms with Gasteiger partial charge in [-0.05, 0) is 78.1 Å². The molecule has 0 aromatic heterocycles. The summed E-state index contributed by atoms with van der Waals surface area (Å²) in [6, 6.07) is 12.5. The molecule has 5 atom stereocenters. The van der Waals surface area contributed by atoms with Gasteiger partial charge in [0.05, 0.1) is 18.0 Å². The summed E-state index contributed by atoms with van der Waals surface area (Å²) in [4.78, 5) is 40.1. The molecule has 234 valence electrons. The van der Waals surface area contributed by atoms with E-state index in [-0.39, 0.29) is 48.2 Å². The monoisotopic (exact) mass is 601 g/mol. The first-order valence-corrected chi connectivity index (χ1v) is 15.1. The topological polar surface area (TPSA) is 191 Å². The number of benzene rings is 2. The number of nitrogens with one attached hydrogen (secondary N) is 4. The van der Waals surface area contributed by atoms with Crippen LogP contribution in [-0.4, -0.2) is 67.2 Å². The SMILES string of the molecule is CC.CNC(=O)c1ccc2c(c1)-c1cc(C(=O)NC)ccc1C2(C[C@@H](C)NCC(=O)N1C(C#N)CC2C1[C@H]2C)/C(N)=N/NN. The number of fused-ring (bicyclic) bond motifs is 4. The molecule has 0 bridgehead atoms. The fourth-order valence-corrected chi connectivity index (χ4v) is 7.01. The van der Waals surface area contributed by atoms with Crippen molar-refractivity contribution in [2.24, 2.45) is 28.5 Å². The van der Waals surface area contributed by atoms with E-state index in [1.165, 1.54) is 0 Å². The first kappa shape index (κ1) is 32.4. The molecule has 5 rings (SSSR count). The number of nitrogens with two attached hydrogens (primary N) is 2. The van der Waals surface area contributed by atoms with E-state index in [0.29, 0.717) is 29.4 Å². The maximum atomic E-state index is 13.3. The Labute approximate surface area is 258 Å². The number of carbonyl (C=O) groups is 3. The third-order valence-electron chi connectivity index (χ3n) is 9.17. The highest BCUT2D eigenvalue weighted by molar-refractivity contribution is 6.06. The summed E-state index contributed by atoms with van der Waals surface area (Å²) >= 11 is 0. The molecule has 12 heteroatoms. The Hall–Kier alpha value is -4.47. The molecule has 1 heterocycles. The van der Waals surface area contributed by atoms with Gasteiger partial charge in [-0.15, -0.1) is 0 Å². The van der Waals surface area contributed by atoms with Crippen molar-refractivity contribution in [3.63, 3.8) is 0 Å². The smallest absolute Gasteiger partial charge is 0.251 e. The predicted octanol–water partition coefficient (Wildman–Crippen LogP) is 1.56. The van der Waals surface area contributed by atoms with E-state index >= 15 is 0 Å². The number of amides is 3. The summed E-state index contributed by atoms with van der Waals surface area (Å²) in [6.07, 6.45) is 1.12. The van der Waals surface area contributed by atoms with Crippen LogP contribution in [0.3, 0.4) is 0 Å². The molecule has 2 aromatic carbocycles. The van der Waals surface area contributed by atoms with Gasteiger partial charge < -0.3 is 26.6 Å². The van der Waals surface area contributed by atoms with E-state index < -0.39 is 5.41 Å². The van der Waals surface area contributed by atoms with E-state index in [0.717, 1.165) is 28.7 Å². The van der Waals surface area contributed by atoms with Crippen LogP contribution in [0.15, 0.2) is 41.5 Å². The lowest BCUT2D eigenvalue weighted by Gasteiger charge is -2.34. The highest BCUT2D eigenvalue weighted by atomic mass is 16.2. The summed E-state index contributed by atoms with van der Waals surface area (Å²) < 4.78 is 0. The van der Waals surface area contributed by atoms with Gasteiger partial charge in [0.25, 0.3) is 11.8 Å². The lowest BCUT2D eigenvalue weighted by Crippen LogP contribution is -2.49. The second-order valence-electron chi connectivity index (χ2n) is 11.4. The van der Waals surface area contributed by atoms with Gasteiger partial charge in [-0.2, -0.15) is 10.4 Å². The van der Waals surface area contributed by atoms with Gasteiger partial charge >= 0.3 is 0 Å². The van der Waals surface area contributed by atoms with Crippen molar-refractivity contribution < 1.29 is 14.4 Å². The highest BCUT2D eigenvalue weighted by Crippen LogP contribution is 2.53. The molecule has 1 saturated heterocycles. The quantitative estimate of drug-likeness (QED) is 0.108. The molecule has 12 nitrogen and oxygen atoms in total. The first-order chi connectivity index (χ1) is 21.1. The van der Waals surface area contributed by atoms with Crippen LogP contribution in [0.1, 0.15) is 72.4 Å². The van der Waals surface area contributed by atoms with Crippen molar-refractivity contribution in [3.8, 4) is 17.2 Å². The van der Waals surface area contributed by atoms with Crippen LogP contribution < -0.4 is 33.1 Å². The molecule has 3 amide bonds. The van der Waals surface area contributed by atoms with Crippen molar-refractivity contribution in [1.29, 1.82) is 5.26 Å². The predicted molar refractivity (Wildman–Crippen MR) is 169 cm³/mol. The molecule has 0 spiro atoms. The minimum atomic E-state index is -0.992. The van der Waals surface area contributed by atoms with Crippen LogP contribution >= 0.6 is 0 Å². The summed E-state index contributed by atoms with van der Waals surface area (Å²) in [5, 5.41) is 22.5. The van der Waals surface area contributed by atoms with Gasteiger partial charge in [-0.1, -0.05) is 32.9 Å². The molecule has 1 aliphatic heterocycles. The number of nitrogens with zero attached hydrogens (tertiary/aromatic N) is 3. The lowest BCUT2D eigenvalue weighted by atomic mass is 9.72. The molecule has 0 radical (unpaired) electrons. The van der Waals surface area contributed by atoms with E-state index in [2.05, 4.69) is 39.6 Å². The van der Waals surface area contributed by atoms with E-state index in [9.17, 15) is 19.6 Å². The number of hydrazine groups is 1. The fourth-order valence-electron chi connectivity index (χ4n) is 7.01. The summed E-state index contributed by atoms with van der Waals surface area (Å²) in [5.41, 5.74) is 12.0. The summed E-state index contributed by atoms with van der Waals surface area (Å²) in [6.45, 7) is 8.15. The second kappa shape index (κ2) is 13.0. The number of piperidine rings is 1. The molecule has 2 fully saturated rings. The average molecular weight is 602 g/mol. The highest BCUT2D eigenvalue weighted by Gasteiger charge is 2.60. The van der Waals surface area contributed by atoms with Gasteiger partial charge in [0.15, 0.2) is 0 Å². The van der Waals surface area contributed by atoms with Crippen molar-refractivity contribution >= 4 is 23.6 Å². The Bertz CT molecular complexity index is 1450. The third kappa shape index (κ3) is 5.37. The van der Waals surface area contributed by atoms with E-state index in [4.69, 9.17) is 11.6 Å². The molecule has 2 aromatic rings. The molecular weight excluding hydrogens is 558 g/mol. The number of carbonyl (C=O) groups excluding carboxylic acids is 3. The Kier molecular flexibility index (Phi) is 9.61. The largest absolute Gasteiger partial charge is 0.385 e. The minimum Gasteiger partial charge on any atom is -0.385 e. The van der Waals surface area contributed by atoms with Crippen molar-refractivity contribution in [3.05, 3.63) is 58.7 Å². The van der Waals surface area contributed by atoms with Crippen LogP contribution in [0, 0.1) is 23.2 Å². The molecule has 2 aliphatic carbocycles. The van der Waals surface area contributed by atoms with Crippen LogP contribution in [0.5, 0.6) is 0 Å². The van der Waals surface area contributed by atoms with Crippen molar-refractivity contribution in [2.45, 2.75) is 64.1 Å². The number of hydrazone groups is 1. The number of rotatable bonds is 9. The standard InChI is InChI=1S/C30H37N9O3.C2H6/c1-15(36-14-25(40)39-19(13-31)11-20-16(2)26(20)39)12-30(29(32)37-38-33)23-7-5-17(27(41)34-3)9-21(23)22-10-18(28(42)35-4)6-8-24(22)30;1-2/h5-10,15-16,19-20,26,36,38H,11-12,14,33H2,1-4H3,(H2,32,37)(H,34,41)(H,35,42);1-2H3/t15-,16+,19?,20?,26?;/m1./s1. The molecule has 44 heavy (non-hydrogen) atoms. The second-order valence-corrected chi connectivity index (χ2v) is 11.4. The zero-order valence-corrected chi connectivity index (χ0v) is 26.2. The normalized spacial score (nSPS) is 22.7. The van der Waals surface area contributed by atoms with E-state index in [1.54, 1.807) is 43.3 Å². The molecule has 3 unspecified atom stereocenters. The van der Waals surface area contributed by atoms with Gasteiger partial charge in [0, 0.05) is 37.3 Å². The fraction of sp³-hybridized carbons (Fsp3) is 0.469.